The van der Waals surface area contributed by atoms with Crippen molar-refractivity contribution in [2.24, 2.45) is 33.8 Å². The van der Waals surface area contributed by atoms with Crippen molar-refractivity contribution in [3.05, 3.63) is 77.6 Å². The Bertz CT molecular complexity index is 1460. The first-order valence-electron chi connectivity index (χ1n) is 16.5. The standard InChI is InChI=1S/C35H50FN9O5/c1-22(2)20-28(43-31(47)26(38)10-7-19-41-35(39)40)33(49)42-27(11-6-18-37)32(48)44-29(21-24-12-15-25(36)16-13-24)34(50)45-30(46)17-14-23-8-4-3-5-9-23/h3-5,8-9,12-17,22,26-29H,6-7,10-11,18-21,37-38H2,1-2H3,(H,42,49)(H,43,47)(H,44,48)(H4,39,40,41)(H,45,46,50)/b17-14+/t26?,27-,28?,29?/m1/s1. The number of hydrogen-bond acceptors (Lipinski definition) is 8. The molecule has 2 aromatic rings. The molecule has 5 amide bonds. The van der Waals surface area contributed by atoms with E-state index in [-0.39, 0.29) is 50.7 Å². The van der Waals surface area contributed by atoms with Gasteiger partial charge in [-0.1, -0.05) is 56.3 Å². The van der Waals surface area contributed by atoms with E-state index in [9.17, 15) is 28.4 Å². The van der Waals surface area contributed by atoms with E-state index in [0.717, 1.165) is 5.56 Å². The van der Waals surface area contributed by atoms with Crippen LogP contribution in [0.1, 0.15) is 57.1 Å². The molecular weight excluding hydrogens is 645 g/mol. The summed E-state index contributed by atoms with van der Waals surface area (Å²) in [6, 6.07) is 9.93. The Morgan fingerprint density at radius 3 is 2.04 bits per heavy atom. The molecule has 14 nitrogen and oxygen atoms in total. The van der Waals surface area contributed by atoms with Crippen LogP contribution in [-0.4, -0.2) is 72.8 Å². The van der Waals surface area contributed by atoms with Gasteiger partial charge in [-0.15, -0.1) is 0 Å². The number of amides is 5. The quantitative estimate of drug-likeness (QED) is 0.0411. The number of rotatable bonds is 20. The molecule has 0 heterocycles. The van der Waals surface area contributed by atoms with Crippen LogP contribution in [-0.2, 0) is 30.4 Å². The van der Waals surface area contributed by atoms with Crippen LogP contribution in [0.5, 0.6) is 0 Å². The van der Waals surface area contributed by atoms with E-state index in [4.69, 9.17) is 22.9 Å². The SMILES string of the molecule is CC(C)CC(NC(=O)C(N)CCCN=C(N)N)C(=O)N[C@H](CCCN)C(=O)NC(Cc1ccc(F)cc1)C(=O)NC(=O)/C=C/c1ccccc1. The molecule has 3 unspecified atom stereocenters. The maximum atomic E-state index is 13.7. The lowest BCUT2D eigenvalue weighted by atomic mass is 10.0. The highest BCUT2D eigenvalue weighted by molar-refractivity contribution is 6.05. The number of carbonyl (C=O) groups excluding carboxylic acids is 5. The fraction of sp³-hybridized carbons (Fsp3) is 0.429. The average molecular weight is 696 g/mol. The lowest BCUT2D eigenvalue weighted by Gasteiger charge is -2.26. The van der Waals surface area contributed by atoms with E-state index in [1.807, 2.05) is 19.9 Å². The van der Waals surface area contributed by atoms with Crippen molar-refractivity contribution < 1.29 is 28.4 Å². The summed E-state index contributed by atoms with van der Waals surface area (Å²) >= 11 is 0. The van der Waals surface area contributed by atoms with Crippen molar-refractivity contribution in [3.63, 3.8) is 0 Å². The van der Waals surface area contributed by atoms with Crippen LogP contribution < -0.4 is 44.2 Å². The molecule has 0 aliphatic heterocycles. The molecule has 0 saturated heterocycles. The second-order valence-corrected chi connectivity index (χ2v) is 12.2. The van der Waals surface area contributed by atoms with Crippen molar-refractivity contribution in [1.82, 2.24) is 21.3 Å². The van der Waals surface area contributed by atoms with Crippen molar-refractivity contribution in [2.45, 2.75) is 76.5 Å². The van der Waals surface area contributed by atoms with Crippen molar-refractivity contribution in [1.29, 1.82) is 0 Å². The summed E-state index contributed by atoms with van der Waals surface area (Å²) in [6.07, 6.45) is 4.05. The van der Waals surface area contributed by atoms with Crippen LogP contribution >= 0.6 is 0 Å². The highest BCUT2D eigenvalue weighted by atomic mass is 19.1. The van der Waals surface area contributed by atoms with Crippen LogP contribution in [0, 0.1) is 11.7 Å². The van der Waals surface area contributed by atoms with Crippen molar-refractivity contribution in [2.75, 3.05) is 13.1 Å². The first kappa shape index (κ1) is 41.0. The van der Waals surface area contributed by atoms with Gasteiger partial charge in [-0.2, -0.15) is 0 Å². The molecule has 12 N–H and O–H groups in total. The summed E-state index contributed by atoms with van der Waals surface area (Å²) < 4.78 is 13.6. The highest BCUT2D eigenvalue weighted by Crippen LogP contribution is 2.10. The third kappa shape index (κ3) is 15.8. The van der Waals surface area contributed by atoms with Gasteiger partial charge in [0.1, 0.15) is 23.9 Å². The third-order valence-electron chi connectivity index (χ3n) is 7.43. The molecular formula is C35H50FN9O5. The van der Waals surface area contributed by atoms with Gasteiger partial charge in [0.2, 0.25) is 23.6 Å². The topological polar surface area (TPSA) is 250 Å². The van der Waals surface area contributed by atoms with Crippen LogP contribution in [0.3, 0.4) is 0 Å². The summed E-state index contributed by atoms with van der Waals surface area (Å²) in [5.74, 6) is -4.00. The van der Waals surface area contributed by atoms with E-state index in [2.05, 4.69) is 26.3 Å². The number of hydrogen-bond donors (Lipinski definition) is 8. The Balaban J connectivity index is 2.21. The minimum atomic E-state index is -1.28. The molecule has 15 heteroatoms. The summed E-state index contributed by atoms with van der Waals surface area (Å²) in [5.41, 5.74) is 23.7. The molecule has 2 rings (SSSR count). The Labute approximate surface area is 292 Å². The summed E-state index contributed by atoms with van der Waals surface area (Å²) in [4.78, 5) is 69.9. The summed E-state index contributed by atoms with van der Waals surface area (Å²) in [5, 5.41) is 10.3. The summed E-state index contributed by atoms with van der Waals surface area (Å²) in [6.45, 7) is 4.24. The zero-order valence-electron chi connectivity index (χ0n) is 28.6. The first-order chi connectivity index (χ1) is 23.8. The zero-order valence-corrected chi connectivity index (χ0v) is 28.6. The third-order valence-corrected chi connectivity index (χ3v) is 7.43. The Morgan fingerprint density at radius 2 is 1.42 bits per heavy atom. The van der Waals surface area contributed by atoms with Gasteiger partial charge >= 0.3 is 0 Å². The lowest BCUT2D eigenvalue weighted by molar-refractivity contribution is -0.135. The normalized spacial score (nSPS) is 13.5. The van der Waals surface area contributed by atoms with Gasteiger partial charge in [0.05, 0.1) is 6.04 Å². The maximum Gasteiger partial charge on any atom is 0.250 e. The number of guanidine groups is 1. The number of nitrogens with zero attached hydrogens (tertiary/aromatic N) is 1. The van der Waals surface area contributed by atoms with Gasteiger partial charge in [0.25, 0.3) is 5.91 Å². The predicted molar refractivity (Wildman–Crippen MR) is 190 cm³/mol. The predicted octanol–water partition coefficient (Wildman–Crippen LogP) is 0.345. The van der Waals surface area contributed by atoms with E-state index in [1.54, 1.807) is 24.3 Å². The second kappa shape index (κ2) is 21.7. The van der Waals surface area contributed by atoms with E-state index in [1.165, 1.54) is 36.4 Å². The molecule has 0 radical (unpaired) electrons. The number of aliphatic imine (C=N–C) groups is 1. The van der Waals surface area contributed by atoms with Gasteiger partial charge < -0.3 is 38.9 Å². The summed E-state index contributed by atoms with van der Waals surface area (Å²) in [7, 11) is 0. The number of halogens is 1. The van der Waals surface area contributed by atoms with Crippen molar-refractivity contribution in [3.8, 4) is 0 Å². The smallest absolute Gasteiger partial charge is 0.250 e. The van der Waals surface area contributed by atoms with Crippen molar-refractivity contribution >= 4 is 41.6 Å². The van der Waals surface area contributed by atoms with E-state index in [0.29, 0.717) is 18.4 Å². The van der Waals surface area contributed by atoms with E-state index < -0.39 is 59.5 Å². The molecule has 272 valence electrons. The van der Waals surface area contributed by atoms with Gasteiger partial charge in [-0.3, -0.25) is 34.3 Å². The Hall–Kier alpha value is -5.15. The van der Waals surface area contributed by atoms with Crippen LogP contribution in [0.15, 0.2) is 65.7 Å². The monoisotopic (exact) mass is 695 g/mol. The fourth-order valence-corrected chi connectivity index (χ4v) is 4.82. The number of nitrogens with two attached hydrogens (primary N) is 4. The number of nitrogens with one attached hydrogen (secondary N) is 4. The van der Waals surface area contributed by atoms with Crippen LogP contribution in [0.4, 0.5) is 4.39 Å². The molecule has 0 aliphatic rings. The maximum absolute atomic E-state index is 13.7. The zero-order chi connectivity index (χ0) is 37.1. The molecule has 4 atom stereocenters. The molecule has 50 heavy (non-hydrogen) atoms. The first-order valence-corrected chi connectivity index (χ1v) is 16.5. The molecule has 2 aromatic carbocycles. The van der Waals surface area contributed by atoms with E-state index >= 15 is 0 Å². The minimum absolute atomic E-state index is 0.0160. The second-order valence-electron chi connectivity index (χ2n) is 12.2. The molecule has 0 aliphatic carbocycles. The molecule has 0 spiro atoms. The van der Waals surface area contributed by atoms with Gasteiger partial charge in [-0.05, 0) is 73.9 Å². The average Bonchev–Trinajstić information content (AvgIpc) is 3.07. The molecule has 0 fully saturated rings. The highest BCUT2D eigenvalue weighted by Gasteiger charge is 2.31. The minimum Gasteiger partial charge on any atom is -0.370 e. The Kier molecular flexibility index (Phi) is 17.8. The molecule has 0 saturated carbocycles. The van der Waals surface area contributed by atoms with Crippen LogP contribution in [0.2, 0.25) is 0 Å². The van der Waals surface area contributed by atoms with Gasteiger partial charge in [0, 0.05) is 19.0 Å². The Morgan fingerprint density at radius 1 is 0.800 bits per heavy atom. The number of carbonyl (C=O) groups is 5. The molecule has 0 aromatic heterocycles. The fourth-order valence-electron chi connectivity index (χ4n) is 4.82. The number of benzene rings is 2. The van der Waals surface area contributed by atoms with Crippen LogP contribution in [0.25, 0.3) is 6.08 Å². The van der Waals surface area contributed by atoms with Gasteiger partial charge in [-0.25, -0.2) is 4.39 Å². The van der Waals surface area contributed by atoms with Gasteiger partial charge in [0.15, 0.2) is 5.96 Å². The lowest BCUT2D eigenvalue weighted by Crippen LogP contribution is -2.58. The molecule has 0 bridgehead atoms. The number of imide groups is 1. The largest absolute Gasteiger partial charge is 0.370 e.